The molecular formula is C14H18N2O2. The Hall–Kier alpha value is -1.42. The van der Waals surface area contributed by atoms with Crippen LogP contribution >= 0.6 is 0 Å². The molecule has 3 heterocycles. The lowest BCUT2D eigenvalue weighted by Crippen LogP contribution is -2.48. The van der Waals surface area contributed by atoms with Gasteiger partial charge in [0, 0.05) is 31.1 Å². The summed E-state index contributed by atoms with van der Waals surface area (Å²) in [6.45, 7) is 5.97. The number of hydrogen-bond acceptors (Lipinski definition) is 4. The molecule has 1 aromatic rings. The number of likely N-dealkylation sites (tertiary alicyclic amines) is 1. The number of fused-ring (bicyclic) bond motifs is 2. The monoisotopic (exact) mass is 246 g/mol. The van der Waals surface area contributed by atoms with Gasteiger partial charge in [-0.15, -0.1) is 0 Å². The Kier molecular flexibility index (Phi) is 2.45. The summed E-state index contributed by atoms with van der Waals surface area (Å²) in [5.74, 6) is 0.0599. The van der Waals surface area contributed by atoms with E-state index in [2.05, 4.69) is 23.9 Å². The van der Waals surface area contributed by atoms with Crippen LogP contribution in [0.15, 0.2) is 12.1 Å². The summed E-state index contributed by atoms with van der Waals surface area (Å²) in [6, 6.07) is 3.72. The molecule has 2 aliphatic heterocycles. The molecule has 2 atom stereocenters. The minimum absolute atomic E-state index is 0.214. The fraction of sp³-hybridized carbons (Fsp3) is 0.571. The van der Waals surface area contributed by atoms with Gasteiger partial charge in [0.1, 0.15) is 0 Å². The number of carbonyl (C=O) groups is 1. The summed E-state index contributed by atoms with van der Waals surface area (Å²) < 4.78 is 5.75. The number of pyridine rings is 1. The van der Waals surface area contributed by atoms with E-state index in [-0.39, 0.29) is 11.9 Å². The highest BCUT2D eigenvalue weighted by Crippen LogP contribution is 2.45. The summed E-state index contributed by atoms with van der Waals surface area (Å²) in [4.78, 5) is 18.9. The molecule has 0 aliphatic carbocycles. The van der Waals surface area contributed by atoms with Crippen molar-refractivity contribution < 1.29 is 9.53 Å². The minimum atomic E-state index is -0.495. The standard InChI is InChI=1S/C14H18N2O2/c1-9-8-16(3)7-6-14(9)12-11(13(17)18-14)5-4-10(2)15-12/h4-5,9H,6-8H2,1-3H3. The number of esters is 1. The molecule has 2 aliphatic rings. The first-order valence-electron chi connectivity index (χ1n) is 6.43. The quantitative estimate of drug-likeness (QED) is 0.654. The molecule has 1 spiro atoms. The first-order valence-corrected chi connectivity index (χ1v) is 6.43. The average molecular weight is 246 g/mol. The molecule has 1 aromatic heterocycles. The SMILES string of the molecule is Cc1ccc2c(n1)C1(CCN(C)CC1C)OC2=O. The molecule has 3 rings (SSSR count). The van der Waals surface area contributed by atoms with E-state index in [0.717, 1.165) is 30.9 Å². The molecule has 0 amide bonds. The molecule has 4 nitrogen and oxygen atoms in total. The van der Waals surface area contributed by atoms with E-state index in [0.29, 0.717) is 5.56 Å². The van der Waals surface area contributed by atoms with Crippen LogP contribution in [0.4, 0.5) is 0 Å². The van der Waals surface area contributed by atoms with E-state index < -0.39 is 5.60 Å². The van der Waals surface area contributed by atoms with E-state index in [1.807, 2.05) is 19.1 Å². The molecule has 1 saturated heterocycles. The maximum Gasteiger partial charge on any atom is 0.341 e. The normalized spacial score (nSPS) is 31.5. The van der Waals surface area contributed by atoms with E-state index in [4.69, 9.17) is 4.74 Å². The first kappa shape index (κ1) is 11.7. The van der Waals surface area contributed by atoms with Crippen LogP contribution in [-0.2, 0) is 10.3 Å². The van der Waals surface area contributed by atoms with Gasteiger partial charge in [0.15, 0.2) is 5.60 Å². The van der Waals surface area contributed by atoms with Gasteiger partial charge in [-0.2, -0.15) is 0 Å². The zero-order chi connectivity index (χ0) is 12.9. The highest BCUT2D eigenvalue weighted by Gasteiger charge is 2.52. The Morgan fingerprint density at radius 1 is 1.50 bits per heavy atom. The minimum Gasteiger partial charge on any atom is -0.448 e. The van der Waals surface area contributed by atoms with Gasteiger partial charge in [0.05, 0.1) is 11.3 Å². The van der Waals surface area contributed by atoms with Crippen molar-refractivity contribution in [2.24, 2.45) is 5.92 Å². The molecule has 0 N–H and O–H groups in total. The van der Waals surface area contributed by atoms with Crippen LogP contribution in [0.3, 0.4) is 0 Å². The summed E-state index contributed by atoms with van der Waals surface area (Å²) in [5.41, 5.74) is 1.95. The molecule has 2 unspecified atom stereocenters. The van der Waals surface area contributed by atoms with E-state index >= 15 is 0 Å². The van der Waals surface area contributed by atoms with Crippen molar-refractivity contribution in [3.63, 3.8) is 0 Å². The van der Waals surface area contributed by atoms with Crippen molar-refractivity contribution in [1.82, 2.24) is 9.88 Å². The number of ether oxygens (including phenoxy) is 1. The van der Waals surface area contributed by atoms with Gasteiger partial charge in [-0.1, -0.05) is 6.92 Å². The molecule has 0 aromatic carbocycles. The lowest BCUT2D eigenvalue weighted by atomic mass is 9.79. The van der Waals surface area contributed by atoms with Crippen LogP contribution in [-0.4, -0.2) is 36.0 Å². The zero-order valence-corrected chi connectivity index (χ0v) is 11.1. The number of nitrogens with zero attached hydrogens (tertiary/aromatic N) is 2. The maximum atomic E-state index is 12.0. The summed E-state index contributed by atoms with van der Waals surface area (Å²) >= 11 is 0. The molecule has 18 heavy (non-hydrogen) atoms. The summed E-state index contributed by atoms with van der Waals surface area (Å²) in [5, 5.41) is 0. The van der Waals surface area contributed by atoms with E-state index in [1.165, 1.54) is 0 Å². The third kappa shape index (κ3) is 1.48. The Morgan fingerprint density at radius 3 is 3.00 bits per heavy atom. The van der Waals surface area contributed by atoms with Crippen molar-refractivity contribution >= 4 is 5.97 Å². The van der Waals surface area contributed by atoms with Gasteiger partial charge >= 0.3 is 5.97 Å². The average Bonchev–Trinajstić information content (AvgIpc) is 2.59. The van der Waals surface area contributed by atoms with Crippen LogP contribution in [0.1, 0.15) is 35.1 Å². The zero-order valence-electron chi connectivity index (χ0n) is 11.1. The Bertz CT molecular complexity index is 515. The number of aryl methyl sites for hydroxylation is 1. The molecule has 4 heteroatoms. The first-order chi connectivity index (χ1) is 8.53. The van der Waals surface area contributed by atoms with Crippen molar-refractivity contribution in [2.75, 3.05) is 20.1 Å². The highest BCUT2D eigenvalue weighted by molar-refractivity contribution is 5.94. The lowest BCUT2D eigenvalue weighted by molar-refractivity contribution is -0.0752. The molecular weight excluding hydrogens is 228 g/mol. The second kappa shape index (κ2) is 3.79. The Balaban J connectivity index is 2.11. The molecule has 1 fully saturated rings. The van der Waals surface area contributed by atoms with Crippen LogP contribution in [0.5, 0.6) is 0 Å². The number of hydrogen-bond donors (Lipinski definition) is 0. The topological polar surface area (TPSA) is 42.4 Å². The predicted octanol–water partition coefficient (Wildman–Crippen LogP) is 1.73. The van der Waals surface area contributed by atoms with Crippen LogP contribution in [0, 0.1) is 12.8 Å². The van der Waals surface area contributed by atoms with Gasteiger partial charge in [-0.25, -0.2) is 4.79 Å². The van der Waals surface area contributed by atoms with Crippen LogP contribution in [0.25, 0.3) is 0 Å². The van der Waals surface area contributed by atoms with E-state index in [9.17, 15) is 4.79 Å². The third-order valence-corrected chi connectivity index (χ3v) is 4.18. The lowest BCUT2D eigenvalue weighted by Gasteiger charge is -2.41. The van der Waals surface area contributed by atoms with Crippen molar-refractivity contribution in [3.05, 3.63) is 29.1 Å². The molecule has 0 saturated carbocycles. The van der Waals surface area contributed by atoms with Gasteiger partial charge < -0.3 is 9.64 Å². The fourth-order valence-electron chi connectivity index (χ4n) is 3.13. The van der Waals surface area contributed by atoms with Crippen molar-refractivity contribution in [1.29, 1.82) is 0 Å². The number of rotatable bonds is 0. The largest absolute Gasteiger partial charge is 0.448 e. The maximum absolute atomic E-state index is 12.0. The smallest absolute Gasteiger partial charge is 0.341 e. The van der Waals surface area contributed by atoms with Gasteiger partial charge in [0.2, 0.25) is 0 Å². The van der Waals surface area contributed by atoms with Crippen LogP contribution in [0.2, 0.25) is 0 Å². The Labute approximate surface area is 107 Å². The summed E-state index contributed by atoms with van der Waals surface area (Å²) in [7, 11) is 2.10. The fourth-order valence-corrected chi connectivity index (χ4v) is 3.13. The van der Waals surface area contributed by atoms with Gasteiger partial charge in [-0.3, -0.25) is 4.98 Å². The van der Waals surface area contributed by atoms with Crippen molar-refractivity contribution in [3.8, 4) is 0 Å². The molecule has 96 valence electrons. The van der Waals surface area contributed by atoms with Gasteiger partial charge in [-0.05, 0) is 26.1 Å². The second-order valence-corrected chi connectivity index (χ2v) is 5.54. The molecule has 0 radical (unpaired) electrons. The van der Waals surface area contributed by atoms with Crippen molar-refractivity contribution in [2.45, 2.75) is 25.9 Å². The highest BCUT2D eigenvalue weighted by atomic mass is 16.6. The van der Waals surface area contributed by atoms with Gasteiger partial charge in [0.25, 0.3) is 0 Å². The number of carbonyl (C=O) groups excluding carboxylic acids is 1. The number of aromatic nitrogens is 1. The molecule has 0 bridgehead atoms. The van der Waals surface area contributed by atoms with Crippen LogP contribution < -0.4 is 0 Å². The third-order valence-electron chi connectivity index (χ3n) is 4.18. The predicted molar refractivity (Wildman–Crippen MR) is 67.3 cm³/mol. The summed E-state index contributed by atoms with van der Waals surface area (Å²) in [6.07, 6.45) is 0.833. The van der Waals surface area contributed by atoms with E-state index in [1.54, 1.807) is 0 Å². The Morgan fingerprint density at radius 2 is 2.28 bits per heavy atom. The number of piperidine rings is 1. The second-order valence-electron chi connectivity index (χ2n) is 5.54.